The van der Waals surface area contributed by atoms with Gasteiger partial charge in [-0.3, -0.25) is 9.59 Å². The number of benzene rings is 2. The number of sulfone groups is 1. The molecule has 0 saturated carbocycles. The van der Waals surface area contributed by atoms with Crippen molar-refractivity contribution in [1.29, 1.82) is 0 Å². The molecule has 0 radical (unpaired) electrons. The van der Waals surface area contributed by atoms with E-state index in [1.165, 1.54) is 24.3 Å². The number of hydrogen-bond acceptors (Lipinski definition) is 5. The Bertz CT molecular complexity index is 927. The van der Waals surface area contributed by atoms with Crippen LogP contribution in [-0.4, -0.2) is 36.8 Å². The Morgan fingerprint density at radius 2 is 1.58 bits per heavy atom. The van der Waals surface area contributed by atoms with Crippen molar-refractivity contribution in [3.8, 4) is 5.75 Å². The molecule has 0 bridgehead atoms. The van der Waals surface area contributed by atoms with Gasteiger partial charge in [-0.15, -0.1) is 0 Å². The molecule has 2 amide bonds. The molecule has 0 unspecified atom stereocenters. The fourth-order valence-corrected chi connectivity index (χ4v) is 3.16. The summed E-state index contributed by atoms with van der Waals surface area (Å²) in [5, 5.41) is 14.3. The average molecular weight is 380 g/mol. The summed E-state index contributed by atoms with van der Waals surface area (Å²) in [7, 11) is -4.03. The summed E-state index contributed by atoms with van der Waals surface area (Å²) in [6.07, 6.45) is 0. The minimum Gasteiger partial charge on any atom is -0.506 e. The largest absolute Gasteiger partial charge is 0.506 e. The third-order valence-electron chi connectivity index (χ3n) is 3.26. The van der Waals surface area contributed by atoms with Crippen LogP contribution in [0.1, 0.15) is 5.56 Å². The summed E-state index contributed by atoms with van der Waals surface area (Å²) in [6.45, 7) is 1.74. The van der Waals surface area contributed by atoms with E-state index in [2.05, 4.69) is 10.6 Å². The Hall–Kier alpha value is -2.94. The standard InChI is InChI=1S/C17H17FN2O5S/c1-11-2-7-15(21)14(8-11)20-17(23)10-26(24,25)9-16(22)19-13-5-3-12(18)4-6-13/h2-8,21H,9-10H2,1H3,(H,19,22)(H,20,23). The third kappa shape index (κ3) is 5.85. The van der Waals surface area contributed by atoms with Crippen molar-refractivity contribution in [3.05, 3.63) is 53.8 Å². The number of aryl methyl sites for hydroxylation is 1. The number of hydrogen-bond donors (Lipinski definition) is 3. The van der Waals surface area contributed by atoms with Gasteiger partial charge in [0.1, 0.15) is 23.1 Å². The van der Waals surface area contributed by atoms with Crippen molar-refractivity contribution in [1.82, 2.24) is 0 Å². The van der Waals surface area contributed by atoms with Crippen LogP contribution in [-0.2, 0) is 19.4 Å². The highest BCUT2D eigenvalue weighted by molar-refractivity contribution is 7.92. The SMILES string of the molecule is Cc1ccc(O)c(NC(=O)CS(=O)(=O)CC(=O)Nc2ccc(F)cc2)c1. The highest BCUT2D eigenvalue weighted by Gasteiger charge is 2.21. The minimum atomic E-state index is -4.03. The van der Waals surface area contributed by atoms with Gasteiger partial charge >= 0.3 is 0 Å². The Morgan fingerprint density at radius 3 is 2.19 bits per heavy atom. The molecular weight excluding hydrogens is 363 g/mol. The lowest BCUT2D eigenvalue weighted by Crippen LogP contribution is -2.30. The highest BCUT2D eigenvalue weighted by Crippen LogP contribution is 2.23. The van der Waals surface area contributed by atoms with Crippen LogP contribution in [0.15, 0.2) is 42.5 Å². The van der Waals surface area contributed by atoms with Gasteiger partial charge in [0.2, 0.25) is 11.8 Å². The first-order valence-corrected chi connectivity index (χ1v) is 9.32. The highest BCUT2D eigenvalue weighted by atomic mass is 32.2. The third-order valence-corrected chi connectivity index (χ3v) is 4.66. The topological polar surface area (TPSA) is 113 Å². The first-order valence-electron chi connectivity index (χ1n) is 7.50. The first kappa shape index (κ1) is 19.4. The van der Waals surface area contributed by atoms with E-state index in [9.17, 15) is 27.5 Å². The van der Waals surface area contributed by atoms with Gasteiger partial charge in [0.05, 0.1) is 5.69 Å². The number of nitrogens with one attached hydrogen (secondary N) is 2. The molecule has 0 fully saturated rings. The normalized spacial score (nSPS) is 11.0. The van der Waals surface area contributed by atoms with Crippen molar-refractivity contribution in [3.63, 3.8) is 0 Å². The second-order valence-electron chi connectivity index (χ2n) is 5.66. The molecule has 0 heterocycles. The van der Waals surface area contributed by atoms with Gasteiger partial charge in [-0.05, 0) is 48.9 Å². The van der Waals surface area contributed by atoms with Gasteiger partial charge < -0.3 is 15.7 Å². The van der Waals surface area contributed by atoms with Crippen LogP contribution in [0.5, 0.6) is 5.75 Å². The van der Waals surface area contributed by atoms with E-state index in [-0.39, 0.29) is 17.1 Å². The number of halogens is 1. The maximum Gasteiger partial charge on any atom is 0.239 e. The van der Waals surface area contributed by atoms with Gasteiger partial charge in [-0.1, -0.05) is 6.07 Å². The molecular formula is C17H17FN2O5S. The molecule has 26 heavy (non-hydrogen) atoms. The monoisotopic (exact) mass is 380 g/mol. The molecule has 0 spiro atoms. The van der Waals surface area contributed by atoms with Crippen LogP contribution in [0.2, 0.25) is 0 Å². The minimum absolute atomic E-state index is 0.0842. The van der Waals surface area contributed by atoms with Gasteiger partial charge in [-0.25, -0.2) is 12.8 Å². The first-order chi connectivity index (χ1) is 12.1. The molecule has 138 valence electrons. The predicted octanol–water partition coefficient (Wildman–Crippen LogP) is 1.83. The van der Waals surface area contributed by atoms with Gasteiger partial charge in [0.25, 0.3) is 0 Å². The van der Waals surface area contributed by atoms with Crippen LogP contribution in [0, 0.1) is 12.7 Å². The lowest BCUT2D eigenvalue weighted by Gasteiger charge is -2.09. The second-order valence-corrected chi connectivity index (χ2v) is 7.72. The lowest BCUT2D eigenvalue weighted by atomic mass is 10.2. The van der Waals surface area contributed by atoms with Crippen LogP contribution in [0.3, 0.4) is 0 Å². The van der Waals surface area contributed by atoms with Crippen LogP contribution < -0.4 is 10.6 Å². The Morgan fingerprint density at radius 1 is 1.00 bits per heavy atom. The molecule has 0 aliphatic heterocycles. The number of aromatic hydroxyl groups is 1. The van der Waals surface area contributed by atoms with Gasteiger partial charge in [-0.2, -0.15) is 0 Å². The summed E-state index contributed by atoms with van der Waals surface area (Å²) >= 11 is 0. The van der Waals surface area contributed by atoms with Crippen molar-refractivity contribution in [2.75, 3.05) is 22.1 Å². The number of carbonyl (C=O) groups excluding carboxylic acids is 2. The van der Waals surface area contributed by atoms with E-state index in [0.29, 0.717) is 0 Å². The van der Waals surface area contributed by atoms with Crippen molar-refractivity contribution in [2.24, 2.45) is 0 Å². The maximum absolute atomic E-state index is 12.8. The molecule has 2 rings (SSSR count). The van der Waals surface area contributed by atoms with Crippen molar-refractivity contribution in [2.45, 2.75) is 6.92 Å². The second kappa shape index (κ2) is 7.96. The number of carbonyl (C=O) groups is 2. The van der Waals surface area contributed by atoms with Gasteiger partial charge in [0.15, 0.2) is 9.84 Å². The van der Waals surface area contributed by atoms with E-state index in [1.807, 2.05) is 0 Å². The van der Waals surface area contributed by atoms with E-state index in [0.717, 1.165) is 17.7 Å². The van der Waals surface area contributed by atoms with Gasteiger partial charge in [0, 0.05) is 5.69 Å². The summed E-state index contributed by atoms with van der Waals surface area (Å²) in [5.41, 5.74) is 1.08. The lowest BCUT2D eigenvalue weighted by molar-refractivity contribution is -0.114. The summed E-state index contributed by atoms with van der Waals surface area (Å²) in [4.78, 5) is 23.7. The quantitative estimate of drug-likeness (QED) is 0.662. The van der Waals surface area contributed by atoms with E-state index < -0.39 is 39.0 Å². The van der Waals surface area contributed by atoms with Crippen LogP contribution in [0.4, 0.5) is 15.8 Å². The zero-order chi connectivity index (χ0) is 19.3. The molecule has 7 nitrogen and oxygen atoms in total. The number of phenolic OH excluding ortho intramolecular Hbond substituents is 1. The van der Waals surface area contributed by atoms with Crippen LogP contribution >= 0.6 is 0 Å². The predicted molar refractivity (Wildman–Crippen MR) is 95.2 cm³/mol. The molecule has 2 aromatic carbocycles. The Balaban J connectivity index is 1.94. The van der Waals surface area contributed by atoms with Crippen molar-refractivity contribution >= 4 is 33.0 Å². The van der Waals surface area contributed by atoms with Crippen LogP contribution in [0.25, 0.3) is 0 Å². The molecule has 0 aromatic heterocycles. The fourth-order valence-electron chi connectivity index (χ4n) is 2.12. The molecule has 3 N–H and O–H groups in total. The van der Waals surface area contributed by atoms with E-state index >= 15 is 0 Å². The Kier molecular flexibility index (Phi) is 5.93. The smallest absolute Gasteiger partial charge is 0.239 e. The molecule has 0 aliphatic rings. The number of rotatable bonds is 6. The Labute approximate surface area is 149 Å². The molecule has 0 aliphatic carbocycles. The van der Waals surface area contributed by atoms with E-state index in [4.69, 9.17) is 0 Å². The van der Waals surface area contributed by atoms with Crippen molar-refractivity contribution < 1.29 is 27.5 Å². The average Bonchev–Trinajstić information content (AvgIpc) is 2.52. The summed E-state index contributed by atoms with van der Waals surface area (Å²) in [6, 6.07) is 9.29. The molecule has 0 saturated heterocycles. The zero-order valence-electron chi connectivity index (χ0n) is 13.8. The zero-order valence-corrected chi connectivity index (χ0v) is 14.6. The number of anilines is 2. The summed E-state index contributed by atoms with van der Waals surface area (Å²) in [5.74, 6) is -4.24. The molecule has 2 aromatic rings. The fraction of sp³-hybridized carbons (Fsp3) is 0.176. The maximum atomic E-state index is 12.8. The number of phenols is 1. The summed E-state index contributed by atoms with van der Waals surface area (Å²) < 4.78 is 36.8. The number of amides is 2. The van der Waals surface area contributed by atoms with E-state index in [1.54, 1.807) is 13.0 Å². The molecule has 9 heteroatoms. The molecule has 0 atom stereocenters.